The number of anilines is 1. The molecule has 2 aliphatic rings. The van der Waals surface area contributed by atoms with Crippen molar-refractivity contribution in [3.63, 3.8) is 0 Å². The molecule has 194 valence electrons. The number of piperidine rings is 1. The molecule has 6 rings (SSSR count). The first-order chi connectivity index (χ1) is 18.5. The van der Waals surface area contributed by atoms with Gasteiger partial charge in [-0.25, -0.2) is 0 Å². The van der Waals surface area contributed by atoms with Gasteiger partial charge in [-0.3, -0.25) is 4.79 Å². The number of nitrogens with zero attached hydrogens (tertiary/aromatic N) is 2. The summed E-state index contributed by atoms with van der Waals surface area (Å²) in [5.41, 5.74) is 3.89. The first-order valence-corrected chi connectivity index (χ1v) is 12.9. The molecule has 3 heterocycles. The lowest BCUT2D eigenvalue weighted by Crippen LogP contribution is -2.44. The lowest BCUT2D eigenvalue weighted by molar-refractivity contribution is 0.0984. The number of carbonyl (C=O) groups excluding carboxylic acids is 1. The van der Waals surface area contributed by atoms with Gasteiger partial charge in [0.15, 0.2) is 5.76 Å². The standard InChI is InChI=1S/C30H29N3O5/c1-18(26-4-2-3-15-31-26)37-23-12-7-20(8-13-23)30(36)33-17-25-28(24-14-11-22(35)16-27(24)33)32-38-29(25)19-5-9-21(34)10-6-19/h5-14,16,18,26,31,34-35H,2-4,15,17H2,1H3. The molecule has 8 heteroatoms. The second kappa shape index (κ2) is 9.87. The third kappa shape index (κ3) is 4.48. The van der Waals surface area contributed by atoms with E-state index < -0.39 is 0 Å². The summed E-state index contributed by atoms with van der Waals surface area (Å²) >= 11 is 0. The van der Waals surface area contributed by atoms with Gasteiger partial charge in [0.25, 0.3) is 5.91 Å². The van der Waals surface area contributed by atoms with Gasteiger partial charge in [-0.1, -0.05) is 11.6 Å². The summed E-state index contributed by atoms with van der Waals surface area (Å²) in [7, 11) is 0. The Balaban J connectivity index is 1.29. The molecule has 3 aromatic carbocycles. The van der Waals surface area contributed by atoms with Crippen LogP contribution in [0, 0.1) is 0 Å². The van der Waals surface area contributed by atoms with Crippen molar-refractivity contribution in [3.05, 3.63) is 77.9 Å². The van der Waals surface area contributed by atoms with E-state index in [-0.39, 0.29) is 30.1 Å². The van der Waals surface area contributed by atoms with Gasteiger partial charge in [-0.05, 0) is 87.0 Å². The molecule has 38 heavy (non-hydrogen) atoms. The van der Waals surface area contributed by atoms with E-state index in [0.717, 1.165) is 24.1 Å². The predicted molar refractivity (Wildman–Crippen MR) is 143 cm³/mol. The Morgan fingerprint density at radius 1 is 1.05 bits per heavy atom. The van der Waals surface area contributed by atoms with Crippen LogP contribution in [0.25, 0.3) is 22.6 Å². The van der Waals surface area contributed by atoms with E-state index in [0.29, 0.717) is 40.1 Å². The molecule has 0 bridgehead atoms. The predicted octanol–water partition coefficient (Wildman–Crippen LogP) is 5.49. The van der Waals surface area contributed by atoms with Gasteiger partial charge in [0.2, 0.25) is 0 Å². The van der Waals surface area contributed by atoms with E-state index in [1.807, 2.05) is 12.1 Å². The summed E-state index contributed by atoms with van der Waals surface area (Å²) < 4.78 is 11.9. The number of rotatable bonds is 5. The summed E-state index contributed by atoms with van der Waals surface area (Å²) in [6.07, 6.45) is 3.52. The monoisotopic (exact) mass is 511 g/mol. The van der Waals surface area contributed by atoms with Gasteiger partial charge in [0.1, 0.15) is 29.0 Å². The summed E-state index contributed by atoms with van der Waals surface area (Å²) in [5, 5.41) is 27.7. The second-order valence-corrected chi connectivity index (χ2v) is 9.88. The fraction of sp³-hybridized carbons (Fsp3) is 0.267. The van der Waals surface area contributed by atoms with Crippen molar-refractivity contribution in [3.8, 4) is 39.8 Å². The molecule has 2 aliphatic heterocycles. The zero-order chi connectivity index (χ0) is 26.2. The van der Waals surface area contributed by atoms with Crippen LogP contribution in [0.2, 0.25) is 0 Å². The molecule has 0 aliphatic carbocycles. The van der Waals surface area contributed by atoms with E-state index in [1.54, 1.807) is 59.5 Å². The molecule has 2 unspecified atom stereocenters. The molecular weight excluding hydrogens is 482 g/mol. The Morgan fingerprint density at radius 2 is 1.82 bits per heavy atom. The first kappa shape index (κ1) is 24.1. The van der Waals surface area contributed by atoms with Gasteiger partial charge < -0.3 is 29.7 Å². The van der Waals surface area contributed by atoms with E-state index in [4.69, 9.17) is 9.26 Å². The van der Waals surface area contributed by atoms with Crippen molar-refractivity contribution in [2.24, 2.45) is 0 Å². The minimum Gasteiger partial charge on any atom is -0.508 e. The number of hydrogen-bond acceptors (Lipinski definition) is 7. The molecule has 8 nitrogen and oxygen atoms in total. The highest BCUT2D eigenvalue weighted by Gasteiger charge is 2.33. The van der Waals surface area contributed by atoms with Crippen LogP contribution in [-0.4, -0.2) is 40.0 Å². The molecule has 1 fully saturated rings. The number of hydrogen-bond donors (Lipinski definition) is 3. The number of fused-ring (bicyclic) bond motifs is 3. The highest BCUT2D eigenvalue weighted by Crippen LogP contribution is 2.44. The minimum absolute atomic E-state index is 0.0270. The van der Waals surface area contributed by atoms with Crippen LogP contribution >= 0.6 is 0 Å². The number of aromatic nitrogens is 1. The van der Waals surface area contributed by atoms with Crippen LogP contribution in [0.5, 0.6) is 17.2 Å². The maximum atomic E-state index is 13.8. The van der Waals surface area contributed by atoms with Crippen LogP contribution in [0.1, 0.15) is 42.1 Å². The molecule has 1 saturated heterocycles. The van der Waals surface area contributed by atoms with Crippen molar-refractivity contribution in [1.29, 1.82) is 0 Å². The summed E-state index contributed by atoms with van der Waals surface area (Å²) in [4.78, 5) is 15.4. The Hall–Kier alpha value is -4.30. The van der Waals surface area contributed by atoms with Crippen LogP contribution in [0.3, 0.4) is 0 Å². The number of carbonyl (C=O) groups is 1. The van der Waals surface area contributed by atoms with Crippen molar-refractivity contribution in [2.75, 3.05) is 11.4 Å². The lowest BCUT2D eigenvalue weighted by atomic mass is 9.95. The van der Waals surface area contributed by atoms with Crippen LogP contribution in [0.15, 0.2) is 71.3 Å². The maximum absolute atomic E-state index is 13.8. The zero-order valence-corrected chi connectivity index (χ0v) is 21.1. The molecule has 0 saturated carbocycles. The fourth-order valence-corrected chi connectivity index (χ4v) is 5.28. The summed E-state index contributed by atoms with van der Waals surface area (Å²) in [6.45, 7) is 3.30. The van der Waals surface area contributed by atoms with E-state index >= 15 is 0 Å². The molecule has 1 aromatic heterocycles. The summed E-state index contributed by atoms with van der Waals surface area (Å²) in [6, 6.07) is 19.0. The Morgan fingerprint density at radius 3 is 2.55 bits per heavy atom. The Kier molecular flexibility index (Phi) is 6.25. The topological polar surface area (TPSA) is 108 Å². The number of aromatic hydroxyl groups is 2. The van der Waals surface area contributed by atoms with E-state index in [9.17, 15) is 15.0 Å². The van der Waals surface area contributed by atoms with E-state index in [2.05, 4.69) is 17.4 Å². The average Bonchev–Trinajstić information content (AvgIpc) is 3.37. The Labute approximate surface area is 220 Å². The van der Waals surface area contributed by atoms with Crippen LogP contribution in [-0.2, 0) is 6.54 Å². The largest absolute Gasteiger partial charge is 0.508 e. The van der Waals surface area contributed by atoms with Crippen molar-refractivity contribution >= 4 is 11.6 Å². The molecular formula is C30H29N3O5. The lowest BCUT2D eigenvalue weighted by Gasteiger charge is -2.30. The van der Waals surface area contributed by atoms with Gasteiger partial charge in [-0.15, -0.1) is 0 Å². The number of amides is 1. The quantitative estimate of drug-likeness (QED) is 0.325. The third-order valence-electron chi connectivity index (χ3n) is 7.34. The average molecular weight is 512 g/mol. The van der Waals surface area contributed by atoms with Gasteiger partial charge in [-0.2, -0.15) is 0 Å². The van der Waals surface area contributed by atoms with Gasteiger partial charge in [0.05, 0.1) is 12.2 Å². The normalized spacial score (nSPS) is 17.4. The molecule has 0 radical (unpaired) electrons. The third-order valence-corrected chi connectivity index (χ3v) is 7.34. The van der Waals surface area contributed by atoms with Crippen molar-refractivity contribution < 1.29 is 24.3 Å². The van der Waals surface area contributed by atoms with E-state index in [1.165, 1.54) is 12.8 Å². The van der Waals surface area contributed by atoms with Crippen LogP contribution < -0.4 is 15.0 Å². The molecule has 0 spiro atoms. The van der Waals surface area contributed by atoms with Crippen LogP contribution in [0.4, 0.5) is 5.69 Å². The van der Waals surface area contributed by atoms with Gasteiger partial charge in [0, 0.05) is 34.4 Å². The number of ether oxygens (including phenoxy) is 1. The molecule has 4 aromatic rings. The fourth-order valence-electron chi connectivity index (χ4n) is 5.28. The molecule has 3 N–H and O–H groups in total. The number of benzene rings is 3. The smallest absolute Gasteiger partial charge is 0.258 e. The van der Waals surface area contributed by atoms with Crippen molar-refractivity contribution in [1.82, 2.24) is 10.5 Å². The second-order valence-electron chi connectivity index (χ2n) is 9.88. The number of phenolic OH excluding ortho intramolecular Hbond substituents is 2. The van der Waals surface area contributed by atoms with Crippen molar-refractivity contribution in [2.45, 2.75) is 44.9 Å². The number of nitrogens with one attached hydrogen (secondary N) is 1. The molecule has 2 atom stereocenters. The Bertz CT molecular complexity index is 1440. The minimum atomic E-state index is -0.214. The summed E-state index contributed by atoms with van der Waals surface area (Å²) in [5.74, 6) is 1.24. The zero-order valence-electron chi connectivity index (χ0n) is 21.1. The maximum Gasteiger partial charge on any atom is 0.258 e. The number of phenols is 2. The SMILES string of the molecule is CC(Oc1ccc(C(=O)N2Cc3c(noc3-c3ccc(O)cc3)-c3ccc(O)cc32)cc1)C1CCCCN1. The highest BCUT2D eigenvalue weighted by molar-refractivity contribution is 6.09. The first-order valence-electron chi connectivity index (χ1n) is 12.9. The molecule has 1 amide bonds. The highest BCUT2D eigenvalue weighted by atomic mass is 16.5. The van der Waals surface area contributed by atoms with Gasteiger partial charge >= 0.3 is 0 Å².